The number of nitrogens with one attached hydrogen (secondary N) is 1. The summed E-state index contributed by atoms with van der Waals surface area (Å²) in [5.74, 6) is 0.912. The molecule has 134 valence electrons. The van der Waals surface area contributed by atoms with Gasteiger partial charge in [0.25, 0.3) is 0 Å². The highest BCUT2D eigenvalue weighted by Crippen LogP contribution is 2.24. The van der Waals surface area contributed by atoms with Gasteiger partial charge >= 0.3 is 0 Å². The van der Waals surface area contributed by atoms with Crippen LogP contribution in [0.4, 0.5) is 0 Å². The number of rotatable bonds is 7. The second-order valence-electron chi connectivity index (χ2n) is 6.34. The molecule has 0 aromatic heterocycles. The molecule has 5 heteroatoms. The minimum Gasteiger partial charge on any atom is -0.496 e. The highest BCUT2D eigenvalue weighted by Gasteiger charge is 2.10. The zero-order valence-corrected chi connectivity index (χ0v) is 16.0. The lowest BCUT2D eigenvalue weighted by Crippen LogP contribution is -2.34. The van der Waals surface area contributed by atoms with Gasteiger partial charge in [-0.15, -0.1) is 0 Å². The summed E-state index contributed by atoms with van der Waals surface area (Å²) in [5, 5.41) is 3.60. The molecule has 2 aromatic rings. The molecule has 0 atom stereocenters. The quantitative estimate of drug-likeness (QED) is 0.818. The van der Waals surface area contributed by atoms with Gasteiger partial charge in [-0.25, -0.2) is 0 Å². The predicted octanol–water partition coefficient (Wildman–Crippen LogP) is 3.71. The van der Waals surface area contributed by atoms with Crippen LogP contribution in [0.25, 0.3) is 0 Å². The first-order valence-corrected chi connectivity index (χ1v) is 8.60. The number of methoxy groups -OCH3 is 1. The van der Waals surface area contributed by atoms with Crippen LogP contribution in [0.1, 0.15) is 22.3 Å². The molecule has 0 fully saturated rings. The van der Waals surface area contributed by atoms with Crippen LogP contribution < -0.4 is 10.1 Å². The minimum absolute atomic E-state index is 0.00979. The Balaban J connectivity index is 1.87. The molecule has 0 aliphatic heterocycles. The van der Waals surface area contributed by atoms with Crippen LogP contribution in [-0.2, 0) is 17.9 Å². The summed E-state index contributed by atoms with van der Waals surface area (Å²) in [6, 6.07) is 11.7. The molecule has 25 heavy (non-hydrogen) atoms. The summed E-state index contributed by atoms with van der Waals surface area (Å²) < 4.78 is 5.40. The third-order valence-electron chi connectivity index (χ3n) is 3.97. The van der Waals surface area contributed by atoms with E-state index in [0.29, 0.717) is 24.7 Å². The Morgan fingerprint density at radius 2 is 1.84 bits per heavy atom. The van der Waals surface area contributed by atoms with Crippen molar-refractivity contribution in [2.75, 3.05) is 20.7 Å². The lowest BCUT2D eigenvalue weighted by Gasteiger charge is -2.18. The van der Waals surface area contributed by atoms with E-state index >= 15 is 0 Å². The summed E-state index contributed by atoms with van der Waals surface area (Å²) in [7, 11) is 3.62. The maximum absolute atomic E-state index is 12.1. The fourth-order valence-corrected chi connectivity index (χ4v) is 3.18. The maximum atomic E-state index is 12.1. The number of carbonyl (C=O) groups excluding carboxylic acids is 1. The lowest BCUT2D eigenvalue weighted by atomic mass is 10.1. The van der Waals surface area contributed by atoms with Gasteiger partial charge < -0.3 is 10.1 Å². The number of amides is 1. The fraction of sp³-hybridized carbons (Fsp3) is 0.350. The molecule has 0 spiro atoms. The van der Waals surface area contributed by atoms with Gasteiger partial charge in [0, 0.05) is 18.1 Å². The highest BCUT2D eigenvalue weighted by atomic mass is 35.5. The standard InChI is InChI=1S/C20H25ClN2O2/c1-14-8-17(9-15(2)20(14)25-4)12-23(3)13-19(24)22-11-16-6-5-7-18(21)10-16/h5-10H,11-13H2,1-4H3,(H,22,24). The van der Waals surface area contributed by atoms with Crippen molar-refractivity contribution in [1.82, 2.24) is 10.2 Å². The number of halogens is 1. The Morgan fingerprint density at radius 3 is 2.44 bits per heavy atom. The number of hydrogen-bond acceptors (Lipinski definition) is 3. The Bertz CT molecular complexity index is 723. The van der Waals surface area contributed by atoms with Crippen molar-refractivity contribution in [2.24, 2.45) is 0 Å². The molecule has 0 saturated carbocycles. The molecule has 0 bridgehead atoms. The van der Waals surface area contributed by atoms with E-state index in [1.54, 1.807) is 7.11 Å². The van der Waals surface area contributed by atoms with E-state index in [2.05, 4.69) is 17.4 Å². The first-order chi connectivity index (χ1) is 11.9. The van der Waals surface area contributed by atoms with Gasteiger partial charge in [-0.1, -0.05) is 35.9 Å². The summed E-state index contributed by atoms with van der Waals surface area (Å²) in [6.07, 6.45) is 0. The number of ether oxygens (including phenoxy) is 1. The van der Waals surface area contributed by atoms with E-state index in [1.165, 1.54) is 5.56 Å². The zero-order valence-electron chi connectivity index (χ0n) is 15.2. The average molecular weight is 361 g/mol. The molecule has 4 nitrogen and oxygen atoms in total. The van der Waals surface area contributed by atoms with Crippen molar-refractivity contribution in [1.29, 1.82) is 0 Å². The normalized spacial score (nSPS) is 10.8. The Labute approximate surface area is 154 Å². The third kappa shape index (κ3) is 5.76. The molecule has 0 aliphatic rings. The molecule has 0 unspecified atom stereocenters. The minimum atomic E-state index is -0.00979. The summed E-state index contributed by atoms with van der Waals surface area (Å²) in [4.78, 5) is 14.1. The van der Waals surface area contributed by atoms with E-state index < -0.39 is 0 Å². The molecule has 0 aliphatic carbocycles. The number of nitrogens with zero attached hydrogens (tertiary/aromatic N) is 1. The van der Waals surface area contributed by atoms with Crippen LogP contribution in [0.3, 0.4) is 0 Å². The number of aryl methyl sites for hydroxylation is 2. The van der Waals surface area contributed by atoms with Crippen LogP contribution in [0.2, 0.25) is 5.02 Å². The van der Waals surface area contributed by atoms with Crippen LogP contribution in [0, 0.1) is 13.8 Å². The maximum Gasteiger partial charge on any atom is 0.234 e. The Hall–Kier alpha value is -2.04. The van der Waals surface area contributed by atoms with E-state index in [9.17, 15) is 4.79 Å². The van der Waals surface area contributed by atoms with Gasteiger partial charge in [0.2, 0.25) is 5.91 Å². The number of hydrogen-bond donors (Lipinski definition) is 1. The van der Waals surface area contributed by atoms with Crippen LogP contribution in [0.5, 0.6) is 5.75 Å². The largest absolute Gasteiger partial charge is 0.496 e. The molecular formula is C20H25ClN2O2. The van der Waals surface area contributed by atoms with Crippen LogP contribution in [0.15, 0.2) is 36.4 Å². The van der Waals surface area contributed by atoms with Crippen molar-refractivity contribution in [3.63, 3.8) is 0 Å². The van der Waals surface area contributed by atoms with Crippen molar-refractivity contribution < 1.29 is 9.53 Å². The van der Waals surface area contributed by atoms with Gasteiger partial charge in [0.05, 0.1) is 13.7 Å². The molecule has 0 heterocycles. The van der Waals surface area contributed by atoms with E-state index in [4.69, 9.17) is 16.3 Å². The van der Waals surface area contributed by atoms with Crippen LogP contribution >= 0.6 is 11.6 Å². The van der Waals surface area contributed by atoms with Crippen molar-refractivity contribution in [3.8, 4) is 5.75 Å². The Morgan fingerprint density at radius 1 is 1.16 bits per heavy atom. The molecule has 0 saturated heterocycles. The van der Waals surface area contributed by atoms with E-state index in [1.807, 2.05) is 50.1 Å². The molecular weight excluding hydrogens is 336 g/mol. The monoisotopic (exact) mass is 360 g/mol. The van der Waals surface area contributed by atoms with Gasteiger partial charge in [0.15, 0.2) is 0 Å². The zero-order chi connectivity index (χ0) is 18.4. The van der Waals surface area contributed by atoms with Gasteiger partial charge in [-0.3, -0.25) is 9.69 Å². The molecule has 2 aromatic carbocycles. The van der Waals surface area contributed by atoms with Gasteiger partial charge in [0.1, 0.15) is 5.75 Å². The molecule has 0 radical (unpaired) electrons. The van der Waals surface area contributed by atoms with Crippen LogP contribution in [-0.4, -0.2) is 31.5 Å². The molecule has 1 N–H and O–H groups in total. The smallest absolute Gasteiger partial charge is 0.234 e. The second kappa shape index (κ2) is 8.88. The first kappa shape index (κ1) is 19.3. The number of benzene rings is 2. The second-order valence-corrected chi connectivity index (χ2v) is 6.78. The van der Waals surface area contributed by atoms with E-state index in [0.717, 1.165) is 22.4 Å². The number of carbonyl (C=O) groups is 1. The lowest BCUT2D eigenvalue weighted by molar-refractivity contribution is -0.122. The highest BCUT2D eigenvalue weighted by molar-refractivity contribution is 6.30. The predicted molar refractivity (Wildman–Crippen MR) is 102 cm³/mol. The first-order valence-electron chi connectivity index (χ1n) is 8.23. The van der Waals surface area contributed by atoms with E-state index in [-0.39, 0.29) is 5.91 Å². The fourth-order valence-electron chi connectivity index (χ4n) is 2.97. The third-order valence-corrected chi connectivity index (χ3v) is 4.20. The molecule has 1 amide bonds. The van der Waals surface area contributed by atoms with Crippen molar-refractivity contribution >= 4 is 17.5 Å². The van der Waals surface area contributed by atoms with Crippen molar-refractivity contribution in [3.05, 3.63) is 63.7 Å². The number of likely N-dealkylation sites (N-methyl/N-ethyl adjacent to an activating group) is 1. The summed E-state index contributed by atoms with van der Waals surface area (Å²) >= 11 is 5.95. The average Bonchev–Trinajstić information content (AvgIpc) is 2.52. The topological polar surface area (TPSA) is 41.6 Å². The summed E-state index contributed by atoms with van der Waals surface area (Å²) in [6.45, 7) is 5.59. The van der Waals surface area contributed by atoms with Gasteiger partial charge in [-0.05, 0) is 55.3 Å². The SMILES string of the molecule is COc1c(C)cc(CN(C)CC(=O)NCc2cccc(Cl)c2)cc1C. The van der Waals surface area contributed by atoms with Gasteiger partial charge in [-0.2, -0.15) is 0 Å². The summed E-state index contributed by atoms with van der Waals surface area (Å²) in [5.41, 5.74) is 4.37. The van der Waals surface area contributed by atoms with Crippen molar-refractivity contribution in [2.45, 2.75) is 26.9 Å². The Kier molecular flexibility index (Phi) is 6.85. The molecule has 2 rings (SSSR count).